The smallest absolute Gasteiger partial charge is 0.222 e. The average Bonchev–Trinajstić information content (AvgIpc) is 3.00. The number of likely N-dealkylation sites (tertiary alicyclic amines) is 2. The molecule has 2 amide bonds. The number of rotatable bonds is 4. The Hall–Kier alpha value is -2.08. The minimum Gasteiger partial charge on any atom is -0.491 e. The first-order chi connectivity index (χ1) is 14.6. The van der Waals surface area contributed by atoms with E-state index < -0.39 is 0 Å². The summed E-state index contributed by atoms with van der Waals surface area (Å²) in [4.78, 5) is 31.1. The highest BCUT2D eigenvalue weighted by Crippen LogP contribution is 2.26. The van der Waals surface area contributed by atoms with E-state index in [1.54, 1.807) is 6.92 Å². The highest BCUT2D eigenvalue weighted by molar-refractivity contribution is 5.76. The number of hydrogen-bond acceptors (Lipinski definition) is 4. The van der Waals surface area contributed by atoms with E-state index in [2.05, 4.69) is 21.9 Å². The number of fused-ring (bicyclic) bond motifs is 1. The number of aryl methyl sites for hydroxylation is 1. The molecule has 3 aliphatic rings. The van der Waals surface area contributed by atoms with E-state index in [0.717, 1.165) is 49.2 Å². The molecule has 0 bridgehead atoms. The van der Waals surface area contributed by atoms with Gasteiger partial charge in [-0.05, 0) is 56.8 Å². The van der Waals surface area contributed by atoms with Gasteiger partial charge in [0.1, 0.15) is 12.4 Å². The van der Waals surface area contributed by atoms with Crippen LogP contribution in [0.4, 0.5) is 0 Å². The third-order valence-corrected chi connectivity index (χ3v) is 6.90. The predicted octanol–water partition coefficient (Wildman–Crippen LogP) is 2.84. The van der Waals surface area contributed by atoms with Crippen LogP contribution in [0.2, 0.25) is 0 Å². The van der Waals surface area contributed by atoms with E-state index in [1.807, 2.05) is 11.0 Å². The Balaban J connectivity index is 1.28. The van der Waals surface area contributed by atoms with Gasteiger partial charge in [0.05, 0.1) is 6.54 Å². The summed E-state index contributed by atoms with van der Waals surface area (Å²) < 4.78 is 5.79. The SMILES string of the molecule is CC(=O)N1CCOc2ccc(CCC(=O)N3CCC(N4CCCCC4)CC3)cc2C1. The molecule has 6 nitrogen and oxygen atoms in total. The summed E-state index contributed by atoms with van der Waals surface area (Å²) in [6.45, 7) is 7.59. The summed E-state index contributed by atoms with van der Waals surface area (Å²) in [5, 5.41) is 0. The predicted molar refractivity (Wildman–Crippen MR) is 116 cm³/mol. The lowest BCUT2D eigenvalue weighted by atomic mass is 9.99. The van der Waals surface area contributed by atoms with Gasteiger partial charge in [-0.3, -0.25) is 9.59 Å². The molecule has 0 spiro atoms. The second-order valence-corrected chi connectivity index (χ2v) is 8.94. The molecule has 0 aliphatic carbocycles. The van der Waals surface area contributed by atoms with Crippen molar-refractivity contribution in [3.63, 3.8) is 0 Å². The van der Waals surface area contributed by atoms with Gasteiger partial charge in [0, 0.05) is 44.6 Å². The topological polar surface area (TPSA) is 53.1 Å². The number of nitrogens with zero attached hydrogens (tertiary/aromatic N) is 3. The molecule has 4 rings (SSSR count). The van der Waals surface area contributed by atoms with Crippen LogP contribution in [0.1, 0.15) is 56.6 Å². The molecule has 6 heteroatoms. The molecule has 3 aliphatic heterocycles. The van der Waals surface area contributed by atoms with Crippen molar-refractivity contribution in [3.05, 3.63) is 29.3 Å². The van der Waals surface area contributed by atoms with Crippen LogP contribution >= 0.6 is 0 Å². The van der Waals surface area contributed by atoms with Crippen LogP contribution in [0.5, 0.6) is 5.75 Å². The normalized spacial score (nSPS) is 21.0. The monoisotopic (exact) mass is 413 g/mol. The number of benzene rings is 1. The van der Waals surface area contributed by atoms with Gasteiger partial charge in [0.25, 0.3) is 0 Å². The molecule has 1 aromatic carbocycles. The highest BCUT2D eigenvalue weighted by atomic mass is 16.5. The lowest BCUT2D eigenvalue weighted by Crippen LogP contribution is -2.48. The van der Waals surface area contributed by atoms with Crippen LogP contribution in [0.15, 0.2) is 18.2 Å². The second-order valence-electron chi connectivity index (χ2n) is 8.94. The molecular weight excluding hydrogens is 378 g/mol. The zero-order valence-electron chi connectivity index (χ0n) is 18.3. The molecular formula is C24H35N3O3. The first kappa shape index (κ1) is 21.2. The maximum atomic E-state index is 12.8. The Kier molecular flexibility index (Phi) is 6.93. The second kappa shape index (κ2) is 9.82. The van der Waals surface area contributed by atoms with E-state index in [1.165, 1.54) is 32.4 Å². The fraction of sp³-hybridized carbons (Fsp3) is 0.667. The molecule has 0 unspecified atom stereocenters. The molecule has 3 heterocycles. The van der Waals surface area contributed by atoms with E-state index in [-0.39, 0.29) is 11.8 Å². The van der Waals surface area contributed by atoms with Gasteiger partial charge in [-0.25, -0.2) is 0 Å². The summed E-state index contributed by atoms with van der Waals surface area (Å²) in [6, 6.07) is 6.82. The van der Waals surface area contributed by atoms with Crippen molar-refractivity contribution < 1.29 is 14.3 Å². The standard InChI is InChI=1S/C24H35N3O3/c1-19(28)27-15-16-30-23-7-5-20(17-21(23)18-27)6-8-24(29)26-13-9-22(10-14-26)25-11-3-2-4-12-25/h5,7,17,22H,2-4,6,8-16,18H2,1H3. The summed E-state index contributed by atoms with van der Waals surface area (Å²) in [7, 11) is 0. The van der Waals surface area contributed by atoms with Gasteiger partial charge >= 0.3 is 0 Å². The van der Waals surface area contributed by atoms with Crippen molar-refractivity contribution in [3.8, 4) is 5.75 Å². The molecule has 2 fully saturated rings. The highest BCUT2D eigenvalue weighted by Gasteiger charge is 2.27. The van der Waals surface area contributed by atoms with Gasteiger partial charge in [-0.1, -0.05) is 18.6 Å². The number of amides is 2. The Morgan fingerprint density at radius 1 is 1.00 bits per heavy atom. The summed E-state index contributed by atoms with van der Waals surface area (Å²) in [5.41, 5.74) is 2.18. The average molecular weight is 414 g/mol. The van der Waals surface area contributed by atoms with Gasteiger partial charge in [0.2, 0.25) is 11.8 Å². The third kappa shape index (κ3) is 5.15. The number of carbonyl (C=O) groups excluding carboxylic acids is 2. The molecule has 0 aromatic heterocycles. The van der Waals surface area contributed by atoms with Crippen LogP contribution in [0.3, 0.4) is 0 Å². The van der Waals surface area contributed by atoms with Crippen LogP contribution in [-0.2, 0) is 22.6 Å². The van der Waals surface area contributed by atoms with E-state index in [4.69, 9.17) is 4.74 Å². The first-order valence-electron chi connectivity index (χ1n) is 11.6. The van der Waals surface area contributed by atoms with Crippen LogP contribution in [0.25, 0.3) is 0 Å². The van der Waals surface area contributed by atoms with Crippen molar-refractivity contribution in [1.82, 2.24) is 14.7 Å². The molecule has 30 heavy (non-hydrogen) atoms. The van der Waals surface area contributed by atoms with Crippen LogP contribution in [0, 0.1) is 0 Å². The van der Waals surface area contributed by atoms with Crippen molar-refractivity contribution in [2.75, 3.05) is 39.3 Å². The molecule has 2 saturated heterocycles. The van der Waals surface area contributed by atoms with Crippen molar-refractivity contribution >= 4 is 11.8 Å². The van der Waals surface area contributed by atoms with Crippen molar-refractivity contribution in [1.29, 1.82) is 0 Å². The van der Waals surface area contributed by atoms with Gasteiger partial charge in [-0.2, -0.15) is 0 Å². The minimum atomic E-state index is 0.0694. The Morgan fingerprint density at radius 3 is 2.50 bits per heavy atom. The Labute approximate surface area is 180 Å². The molecule has 164 valence electrons. The van der Waals surface area contributed by atoms with Crippen molar-refractivity contribution in [2.45, 2.75) is 64.5 Å². The fourth-order valence-electron chi connectivity index (χ4n) is 5.05. The maximum Gasteiger partial charge on any atom is 0.222 e. The van der Waals surface area contributed by atoms with E-state index >= 15 is 0 Å². The summed E-state index contributed by atoms with van der Waals surface area (Å²) >= 11 is 0. The van der Waals surface area contributed by atoms with E-state index in [9.17, 15) is 9.59 Å². The zero-order valence-corrected chi connectivity index (χ0v) is 18.3. The lowest BCUT2D eigenvalue weighted by Gasteiger charge is -2.40. The van der Waals surface area contributed by atoms with Gasteiger partial charge in [-0.15, -0.1) is 0 Å². The van der Waals surface area contributed by atoms with Gasteiger partial charge in [0.15, 0.2) is 0 Å². The number of ether oxygens (including phenoxy) is 1. The van der Waals surface area contributed by atoms with Gasteiger partial charge < -0.3 is 19.4 Å². The Bertz CT molecular complexity index is 752. The first-order valence-corrected chi connectivity index (χ1v) is 11.6. The summed E-state index contributed by atoms with van der Waals surface area (Å²) in [5.74, 6) is 1.19. The zero-order chi connectivity index (χ0) is 20.9. The van der Waals surface area contributed by atoms with Crippen molar-refractivity contribution in [2.24, 2.45) is 0 Å². The van der Waals surface area contributed by atoms with Crippen LogP contribution in [-0.4, -0.2) is 71.9 Å². The molecule has 0 atom stereocenters. The number of hydrogen-bond donors (Lipinski definition) is 0. The lowest BCUT2D eigenvalue weighted by molar-refractivity contribution is -0.133. The largest absolute Gasteiger partial charge is 0.491 e. The molecule has 0 saturated carbocycles. The van der Waals surface area contributed by atoms with E-state index in [0.29, 0.717) is 32.2 Å². The fourth-order valence-corrected chi connectivity index (χ4v) is 5.05. The minimum absolute atomic E-state index is 0.0694. The van der Waals surface area contributed by atoms with Crippen LogP contribution < -0.4 is 4.74 Å². The quantitative estimate of drug-likeness (QED) is 0.762. The molecule has 0 radical (unpaired) electrons. The molecule has 1 aromatic rings. The number of carbonyl (C=O) groups is 2. The third-order valence-electron chi connectivity index (χ3n) is 6.90. The maximum absolute atomic E-state index is 12.8. The number of piperidine rings is 2. The summed E-state index contributed by atoms with van der Waals surface area (Å²) in [6.07, 6.45) is 7.54. The Morgan fingerprint density at radius 2 is 1.77 bits per heavy atom. The molecule has 0 N–H and O–H groups in total.